The van der Waals surface area contributed by atoms with Gasteiger partial charge in [-0.15, -0.1) is 0 Å². The summed E-state index contributed by atoms with van der Waals surface area (Å²) in [5.41, 5.74) is 1.72. The van der Waals surface area contributed by atoms with Crippen LogP contribution in [0.2, 0.25) is 0 Å². The summed E-state index contributed by atoms with van der Waals surface area (Å²) < 4.78 is 20.1. The summed E-state index contributed by atoms with van der Waals surface area (Å²) in [6.45, 7) is 6.53. The second-order valence-electron chi connectivity index (χ2n) is 6.18. The van der Waals surface area contributed by atoms with E-state index in [4.69, 9.17) is 4.74 Å². The van der Waals surface area contributed by atoms with Crippen molar-refractivity contribution in [3.63, 3.8) is 0 Å². The maximum absolute atomic E-state index is 14.3. The third-order valence-electron chi connectivity index (χ3n) is 4.11. The van der Waals surface area contributed by atoms with E-state index >= 15 is 0 Å². The number of hydrogen-bond acceptors (Lipinski definition) is 3. The van der Waals surface area contributed by atoms with E-state index in [1.54, 1.807) is 6.07 Å². The minimum Gasteiger partial charge on any atom is -0.371 e. The molecule has 3 rings (SSSR count). The lowest BCUT2D eigenvalue weighted by Crippen LogP contribution is -2.43. The van der Waals surface area contributed by atoms with Crippen LogP contribution in [0.3, 0.4) is 0 Å². The molecule has 2 bridgehead atoms. The number of rotatable bonds is 4. The van der Waals surface area contributed by atoms with Crippen LogP contribution >= 0.6 is 0 Å². The largest absolute Gasteiger partial charge is 0.371 e. The van der Waals surface area contributed by atoms with Crippen molar-refractivity contribution >= 4 is 5.69 Å². The molecule has 2 saturated heterocycles. The first-order chi connectivity index (χ1) is 9.61. The molecule has 0 aromatic heterocycles. The van der Waals surface area contributed by atoms with Gasteiger partial charge in [-0.2, -0.15) is 0 Å². The van der Waals surface area contributed by atoms with Gasteiger partial charge in [0, 0.05) is 25.7 Å². The van der Waals surface area contributed by atoms with Gasteiger partial charge in [-0.1, -0.05) is 19.9 Å². The number of nitrogens with zero attached hydrogens (tertiary/aromatic N) is 1. The molecule has 0 spiro atoms. The zero-order valence-corrected chi connectivity index (χ0v) is 12.2. The molecule has 3 nitrogen and oxygen atoms in total. The number of anilines is 1. The molecule has 1 N–H and O–H groups in total. The fourth-order valence-corrected chi connectivity index (χ4v) is 3.05. The molecule has 2 fully saturated rings. The molecule has 110 valence electrons. The van der Waals surface area contributed by atoms with Gasteiger partial charge >= 0.3 is 0 Å². The van der Waals surface area contributed by atoms with Crippen LogP contribution in [0.1, 0.15) is 32.3 Å². The smallest absolute Gasteiger partial charge is 0.146 e. The lowest BCUT2D eigenvalue weighted by atomic mass is 10.1. The van der Waals surface area contributed by atoms with Crippen LogP contribution in [0.25, 0.3) is 0 Å². The van der Waals surface area contributed by atoms with Crippen molar-refractivity contribution in [1.29, 1.82) is 0 Å². The Morgan fingerprint density at radius 1 is 1.30 bits per heavy atom. The van der Waals surface area contributed by atoms with Crippen LogP contribution in [-0.2, 0) is 11.3 Å². The van der Waals surface area contributed by atoms with Gasteiger partial charge in [-0.3, -0.25) is 0 Å². The highest BCUT2D eigenvalue weighted by molar-refractivity contribution is 5.50. The molecule has 4 heteroatoms. The van der Waals surface area contributed by atoms with E-state index in [1.165, 1.54) is 0 Å². The number of fused-ring (bicyclic) bond motifs is 2. The van der Waals surface area contributed by atoms with E-state index in [2.05, 4.69) is 24.1 Å². The van der Waals surface area contributed by atoms with Crippen LogP contribution in [0, 0.1) is 5.82 Å². The molecule has 2 aliphatic rings. The highest BCUT2D eigenvalue weighted by Gasteiger charge is 2.34. The molecule has 0 radical (unpaired) electrons. The number of benzene rings is 1. The Hall–Kier alpha value is -1.13. The molecule has 2 atom stereocenters. The standard InChI is InChI=1S/C16H23FN2O/c1-11(2)18-8-12-3-6-16(15(17)7-12)19-9-13-4-5-14(10-19)20-13/h3,6-7,11,13-14,18H,4-5,8-10H2,1-2H3. The quantitative estimate of drug-likeness (QED) is 0.916. The summed E-state index contributed by atoms with van der Waals surface area (Å²) in [7, 11) is 0. The number of ether oxygens (including phenoxy) is 1. The number of nitrogens with one attached hydrogen (secondary N) is 1. The van der Waals surface area contributed by atoms with Gasteiger partial charge in [0.15, 0.2) is 0 Å². The zero-order chi connectivity index (χ0) is 14.1. The van der Waals surface area contributed by atoms with E-state index in [-0.39, 0.29) is 18.0 Å². The van der Waals surface area contributed by atoms with Crippen LogP contribution in [0.5, 0.6) is 0 Å². The molecule has 20 heavy (non-hydrogen) atoms. The first-order valence-corrected chi connectivity index (χ1v) is 7.54. The third kappa shape index (κ3) is 2.96. The van der Waals surface area contributed by atoms with Crippen molar-refractivity contribution in [3.05, 3.63) is 29.6 Å². The Balaban J connectivity index is 1.71. The predicted molar refractivity (Wildman–Crippen MR) is 78.5 cm³/mol. The molecular formula is C16H23FN2O. The van der Waals surface area contributed by atoms with Crippen molar-refractivity contribution in [2.24, 2.45) is 0 Å². The molecule has 2 aliphatic heterocycles. The average molecular weight is 278 g/mol. The molecule has 0 saturated carbocycles. The van der Waals surface area contributed by atoms with Gasteiger partial charge < -0.3 is 15.0 Å². The molecule has 2 unspecified atom stereocenters. The van der Waals surface area contributed by atoms with E-state index in [9.17, 15) is 4.39 Å². The third-order valence-corrected chi connectivity index (χ3v) is 4.11. The van der Waals surface area contributed by atoms with Gasteiger partial charge in [0.25, 0.3) is 0 Å². The fraction of sp³-hybridized carbons (Fsp3) is 0.625. The maximum atomic E-state index is 14.3. The summed E-state index contributed by atoms with van der Waals surface area (Å²) in [6, 6.07) is 6.00. The lowest BCUT2D eigenvalue weighted by Gasteiger charge is -2.34. The Morgan fingerprint density at radius 2 is 2.00 bits per heavy atom. The Labute approximate surface area is 120 Å². The van der Waals surface area contributed by atoms with Gasteiger partial charge in [0.2, 0.25) is 0 Å². The highest BCUT2D eigenvalue weighted by atomic mass is 19.1. The first kappa shape index (κ1) is 13.8. The second kappa shape index (κ2) is 5.70. The van der Waals surface area contributed by atoms with E-state index < -0.39 is 0 Å². The monoisotopic (exact) mass is 278 g/mol. The van der Waals surface area contributed by atoms with Crippen LogP contribution in [0.15, 0.2) is 18.2 Å². The highest BCUT2D eigenvalue weighted by Crippen LogP contribution is 2.31. The van der Waals surface area contributed by atoms with Gasteiger partial charge in [-0.05, 0) is 30.5 Å². The van der Waals surface area contributed by atoms with Crippen LogP contribution < -0.4 is 10.2 Å². The van der Waals surface area contributed by atoms with Crippen molar-refractivity contribution in [1.82, 2.24) is 5.32 Å². The lowest BCUT2D eigenvalue weighted by molar-refractivity contribution is 0.0303. The summed E-state index contributed by atoms with van der Waals surface area (Å²) in [4.78, 5) is 2.14. The van der Waals surface area contributed by atoms with Crippen LogP contribution in [-0.4, -0.2) is 31.3 Å². The van der Waals surface area contributed by atoms with E-state index in [0.717, 1.165) is 37.2 Å². The fourth-order valence-electron chi connectivity index (χ4n) is 3.05. The number of halogens is 1. The van der Waals surface area contributed by atoms with Crippen molar-refractivity contribution < 1.29 is 9.13 Å². The maximum Gasteiger partial charge on any atom is 0.146 e. The SMILES string of the molecule is CC(C)NCc1ccc(N2CC3CCC(C2)O3)c(F)c1. The number of morpholine rings is 1. The molecule has 2 heterocycles. The topological polar surface area (TPSA) is 24.5 Å². The summed E-state index contributed by atoms with van der Waals surface area (Å²) in [5.74, 6) is -0.116. The van der Waals surface area contributed by atoms with Crippen molar-refractivity contribution in [2.75, 3.05) is 18.0 Å². The molecule has 0 aliphatic carbocycles. The average Bonchev–Trinajstić information content (AvgIpc) is 2.75. The van der Waals surface area contributed by atoms with E-state index in [0.29, 0.717) is 12.6 Å². The summed E-state index contributed by atoms with van der Waals surface area (Å²) in [6.07, 6.45) is 2.80. The summed E-state index contributed by atoms with van der Waals surface area (Å²) >= 11 is 0. The zero-order valence-electron chi connectivity index (χ0n) is 12.2. The van der Waals surface area contributed by atoms with Crippen molar-refractivity contribution in [2.45, 2.75) is 51.5 Å². The second-order valence-corrected chi connectivity index (χ2v) is 6.18. The molecule has 1 aromatic carbocycles. The van der Waals surface area contributed by atoms with Gasteiger partial charge in [-0.25, -0.2) is 4.39 Å². The molecule has 0 amide bonds. The Bertz CT molecular complexity index is 466. The van der Waals surface area contributed by atoms with Gasteiger partial charge in [0.05, 0.1) is 17.9 Å². The number of hydrogen-bond donors (Lipinski definition) is 1. The summed E-state index contributed by atoms with van der Waals surface area (Å²) in [5, 5.41) is 3.31. The predicted octanol–water partition coefficient (Wildman–Crippen LogP) is 2.69. The van der Waals surface area contributed by atoms with E-state index in [1.807, 2.05) is 12.1 Å². The minimum absolute atomic E-state index is 0.116. The normalized spacial score (nSPS) is 25.5. The van der Waals surface area contributed by atoms with Gasteiger partial charge in [0.1, 0.15) is 5.82 Å². The Kier molecular flexibility index (Phi) is 3.94. The molecular weight excluding hydrogens is 255 g/mol. The Morgan fingerprint density at radius 3 is 2.60 bits per heavy atom. The minimum atomic E-state index is -0.116. The first-order valence-electron chi connectivity index (χ1n) is 7.54. The van der Waals surface area contributed by atoms with Crippen molar-refractivity contribution in [3.8, 4) is 0 Å². The van der Waals surface area contributed by atoms with Crippen LogP contribution in [0.4, 0.5) is 10.1 Å². The molecule has 1 aromatic rings.